The molecule has 0 aliphatic carbocycles. The number of nitrogens with one attached hydrogen (secondary N) is 1. The Hall–Kier alpha value is -3.86. The van der Waals surface area contributed by atoms with Gasteiger partial charge in [-0.2, -0.15) is 0 Å². The Morgan fingerprint density at radius 3 is 2.52 bits per heavy atom. The van der Waals surface area contributed by atoms with Gasteiger partial charge in [0.2, 0.25) is 5.89 Å². The highest BCUT2D eigenvalue weighted by molar-refractivity contribution is 7.92. The minimum absolute atomic E-state index is 0.0867. The van der Waals surface area contributed by atoms with E-state index in [0.29, 0.717) is 11.1 Å². The second kappa shape index (κ2) is 8.88. The Labute approximate surface area is 177 Å². The molecule has 1 heterocycles. The number of nitrogens with zero attached hydrogens (tertiary/aromatic N) is 3. The Balaban J connectivity index is 1.68. The molecule has 0 saturated carbocycles. The number of carbonyl (C=O) groups excluding carboxylic acids is 1. The van der Waals surface area contributed by atoms with Crippen molar-refractivity contribution in [3.8, 4) is 11.5 Å². The molecule has 0 atom stereocenters. The first kappa shape index (κ1) is 21.8. The number of nitro benzene ring substituents is 1. The van der Waals surface area contributed by atoms with Crippen LogP contribution in [0.5, 0.6) is 0 Å². The zero-order valence-electron chi connectivity index (χ0n) is 16.6. The third-order valence-corrected chi connectivity index (χ3v) is 6.38. The first-order valence-electron chi connectivity index (χ1n) is 9.08. The number of anilines is 1. The quantitative estimate of drug-likeness (QED) is 0.332. The molecule has 1 amide bonds. The zero-order valence-corrected chi connectivity index (χ0v) is 17.4. The maximum atomic E-state index is 12.2. The molecule has 3 aromatic rings. The van der Waals surface area contributed by atoms with Crippen LogP contribution >= 0.6 is 0 Å². The van der Waals surface area contributed by atoms with E-state index in [1.54, 1.807) is 19.9 Å². The van der Waals surface area contributed by atoms with Gasteiger partial charge in [-0.25, -0.2) is 8.42 Å². The van der Waals surface area contributed by atoms with E-state index in [1.165, 1.54) is 54.6 Å². The molecule has 1 aromatic heterocycles. The van der Waals surface area contributed by atoms with Crippen molar-refractivity contribution < 1.29 is 22.6 Å². The van der Waals surface area contributed by atoms with Crippen LogP contribution in [-0.2, 0) is 14.6 Å². The highest BCUT2D eigenvalue weighted by Crippen LogP contribution is 2.23. The van der Waals surface area contributed by atoms with Crippen molar-refractivity contribution in [2.24, 2.45) is 0 Å². The summed E-state index contributed by atoms with van der Waals surface area (Å²) >= 11 is 0. The SMILES string of the molecule is CC(C)S(=O)(=O)c1ccc(-c2nnc(NC(=O)C=Cc3cccc([N+](=O)[O-])c3)o2)cc1. The molecular formula is C20H18N4O6S. The molecule has 1 N–H and O–H groups in total. The van der Waals surface area contributed by atoms with Crippen LogP contribution in [0.15, 0.2) is 63.9 Å². The highest BCUT2D eigenvalue weighted by atomic mass is 32.2. The van der Waals surface area contributed by atoms with Crippen LogP contribution in [0, 0.1) is 10.1 Å². The molecule has 0 radical (unpaired) electrons. The molecule has 0 spiro atoms. The van der Waals surface area contributed by atoms with Crippen molar-refractivity contribution in [2.45, 2.75) is 24.0 Å². The third kappa shape index (κ3) is 5.20. The number of hydrogen-bond donors (Lipinski definition) is 1. The van der Waals surface area contributed by atoms with E-state index in [1.807, 2.05) is 0 Å². The van der Waals surface area contributed by atoms with Crippen LogP contribution in [0.3, 0.4) is 0 Å². The van der Waals surface area contributed by atoms with Gasteiger partial charge >= 0.3 is 6.01 Å². The Morgan fingerprint density at radius 1 is 1.16 bits per heavy atom. The topological polar surface area (TPSA) is 145 Å². The van der Waals surface area contributed by atoms with Crippen LogP contribution < -0.4 is 5.32 Å². The van der Waals surface area contributed by atoms with Gasteiger partial charge < -0.3 is 4.42 Å². The normalized spacial score (nSPS) is 11.7. The monoisotopic (exact) mass is 442 g/mol. The van der Waals surface area contributed by atoms with Crippen molar-refractivity contribution in [1.82, 2.24) is 10.2 Å². The largest absolute Gasteiger partial charge is 0.403 e. The summed E-state index contributed by atoms with van der Waals surface area (Å²) in [6, 6.07) is 11.6. The lowest BCUT2D eigenvalue weighted by Gasteiger charge is -2.07. The molecule has 3 rings (SSSR count). The molecule has 0 saturated heterocycles. The first-order valence-corrected chi connectivity index (χ1v) is 10.6. The Morgan fingerprint density at radius 2 is 1.87 bits per heavy atom. The lowest BCUT2D eigenvalue weighted by atomic mass is 10.2. The van der Waals surface area contributed by atoms with Gasteiger partial charge in [0.05, 0.1) is 15.1 Å². The van der Waals surface area contributed by atoms with Crippen LogP contribution in [-0.4, -0.2) is 34.7 Å². The molecule has 2 aromatic carbocycles. The Kier molecular flexibility index (Phi) is 6.25. The summed E-state index contributed by atoms with van der Waals surface area (Å²) in [7, 11) is -3.39. The lowest BCUT2D eigenvalue weighted by molar-refractivity contribution is -0.384. The molecule has 0 aliphatic rings. The number of hydrogen-bond acceptors (Lipinski definition) is 8. The molecular weight excluding hydrogens is 424 g/mol. The summed E-state index contributed by atoms with van der Waals surface area (Å²) in [5.41, 5.74) is 0.881. The molecule has 31 heavy (non-hydrogen) atoms. The van der Waals surface area contributed by atoms with Gasteiger partial charge in [0.15, 0.2) is 9.84 Å². The Bertz CT molecular complexity index is 1250. The van der Waals surface area contributed by atoms with Gasteiger partial charge in [0.25, 0.3) is 11.6 Å². The maximum absolute atomic E-state index is 12.2. The van der Waals surface area contributed by atoms with E-state index in [-0.39, 0.29) is 22.5 Å². The number of aromatic nitrogens is 2. The minimum Gasteiger partial charge on any atom is -0.403 e. The number of benzene rings is 2. The van der Waals surface area contributed by atoms with E-state index in [9.17, 15) is 23.3 Å². The van der Waals surface area contributed by atoms with Gasteiger partial charge in [-0.05, 0) is 49.8 Å². The van der Waals surface area contributed by atoms with Gasteiger partial charge in [-0.1, -0.05) is 17.2 Å². The maximum Gasteiger partial charge on any atom is 0.322 e. The molecule has 0 fully saturated rings. The van der Waals surface area contributed by atoms with Gasteiger partial charge in [0, 0.05) is 23.8 Å². The predicted molar refractivity (Wildman–Crippen MR) is 113 cm³/mol. The average molecular weight is 442 g/mol. The fraction of sp³-hybridized carbons (Fsp3) is 0.150. The summed E-state index contributed by atoms with van der Waals surface area (Å²) in [5, 5.41) is 20.2. The van der Waals surface area contributed by atoms with Crippen molar-refractivity contribution in [1.29, 1.82) is 0 Å². The third-order valence-electron chi connectivity index (χ3n) is 4.21. The lowest BCUT2D eigenvalue weighted by Crippen LogP contribution is -2.13. The predicted octanol–water partition coefficient (Wildman–Crippen LogP) is 3.48. The van der Waals surface area contributed by atoms with Crippen LogP contribution in [0.25, 0.3) is 17.5 Å². The number of nitro groups is 1. The first-order chi connectivity index (χ1) is 14.7. The fourth-order valence-corrected chi connectivity index (χ4v) is 3.57. The summed E-state index contributed by atoms with van der Waals surface area (Å²) in [6.45, 7) is 3.20. The van der Waals surface area contributed by atoms with Gasteiger partial charge in [-0.3, -0.25) is 20.2 Å². The minimum atomic E-state index is -3.39. The van der Waals surface area contributed by atoms with E-state index in [4.69, 9.17) is 4.42 Å². The van der Waals surface area contributed by atoms with E-state index in [0.717, 1.165) is 0 Å². The fourth-order valence-electron chi connectivity index (χ4n) is 2.51. The van der Waals surface area contributed by atoms with Crippen LogP contribution in [0.1, 0.15) is 19.4 Å². The second-order valence-corrected chi connectivity index (χ2v) is 9.21. The van der Waals surface area contributed by atoms with E-state index in [2.05, 4.69) is 15.5 Å². The van der Waals surface area contributed by atoms with Crippen molar-refractivity contribution in [3.63, 3.8) is 0 Å². The summed E-state index contributed by atoms with van der Waals surface area (Å²) < 4.78 is 29.8. The summed E-state index contributed by atoms with van der Waals surface area (Å²) in [6.07, 6.45) is 2.59. The van der Waals surface area contributed by atoms with Crippen LogP contribution in [0.4, 0.5) is 11.7 Å². The number of rotatable bonds is 7. The van der Waals surface area contributed by atoms with Gasteiger partial charge in [0.1, 0.15) is 0 Å². The highest BCUT2D eigenvalue weighted by Gasteiger charge is 2.19. The number of amides is 1. The molecule has 10 nitrogen and oxygen atoms in total. The molecule has 11 heteroatoms. The number of sulfone groups is 1. The van der Waals surface area contributed by atoms with E-state index >= 15 is 0 Å². The number of non-ortho nitro benzene ring substituents is 1. The van der Waals surface area contributed by atoms with Gasteiger partial charge in [-0.15, -0.1) is 5.10 Å². The molecule has 160 valence electrons. The summed E-state index contributed by atoms with van der Waals surface area (Å²) in [4.78, 5) is 22.5. The molecule has 0 unspecified atom stereocenters. The smallest absolute Gasteiger partial charge is 0.322 e. The van der Waals surface area contributed by atoms with Crippen molar-refractivity contribution >= 4 is 33.5 Å². The van der Waals surface area contributed by atoms with E-state index < -0.39 is 25.9 Å². The standard InChI is InChI=1S/C20H18N4O6S/c1-13(2)31(28,29)17-9-7-15(8-10-17)19-22-23-20(30-19)21-18(25)11-6-14-4-3-5-16(12-14)24(26)27/h3-13H,1-2H3,(H,21,23,25). The zero-order chi connectivity index (χ0) is 22.6. The molecule has 0 bridgehead atoms. The second-order valence-electron chi connectivity index (χ2n) is 6.71. The van der Waals surface area contributed by atoms with Crippen LogP contribution in [0.2, 0.25) is 0 Å². The van der Waals surface area contributed by atoms with Crippen molar-refractivity contribution in [2.75, 3.05) is 5.32 Å². The average Bonchev–Trinajstić information content (AvgIpc) is 3.21. The summed E-state index contributed by atoms with van der Waals surface area (Å²) in [5.74, 6) is -0.466. The molecule has 0 aliphatic heterocycles. The number of carbonyl (C=O) groups is 1. The van der Waals surface area contributed by atoms with Crippen molar-refractivity contribution in [3.05, 3.63) is 70.3 Å².